The monoisotopic (exact) mass is 319 g/mol. The van der Waals surface area contributed by atoms with E-state index in [1.165, 1.54) is 0 Å². The first-order valence-corrected chi connectivity index (χ1v) is 7.82. The van der Waals surface area contributed by atoms with Crippen LogP contribution < -0.4 is 14.8 Å². The second-order valence-corrected chi connectivity index (χ2v) is 6.66. The van der Waals surface area contributed by atoms with Crippen LogP contribution in [0.15, 0.2) is 18.2 Å². The van der Waals surface area contributed by atoms with Crippen molar-refractivity contribution in [3.05, 3.63) is 23.8 Å². The van der Waals surface area contributed by atoms with E-state index in [0.29, 0.717) is 37.6 Å². The topological polar surface area (TPSA) is 84.9 Å². The smallest absolute Gasteiger partial charge is 0.306 e. The van der Waals surface area contributed by atoms with E-state index in [9.17, 15) is 9.59 Å². The van der Waals surface area contributed by atoms with Crippen molar-refractivity contribution in [3.63, 3.8) is 0 Å². The molecule has 3 rings (SSSR count). The molecule has 0 bridgehead atoms. The third kappa shape index (κ3) is 2.98. The van der Waals surface area contributed by atoms with Gasteiger partial charge in [0.2, 0.25) is 5.91 Å². The van der Waals surface area contributed by atoms with Crippen LogP contribution >= 0.6 is 0 Å². The number of carbonyl (C=O) groups is 2. The molecule has 1 heterocycles. The summed E-state index contributed by atoms with van der Waals surface area (Å²) in [5, 5.41) is 11.8. The van der Waals surface area contributed by atoms with E-state index in [-0.39, 0.29) is 17.9 Å². The average Bonchev–Trinajstić information content (AvgIpc) is 2.49. The Kier molecular flexibility index (Phi) is 3.92. The number of rotatable bonds is 4. The van der Waals surface area contributed by atoms with Gasteiger partial charge in [-0.3, -0.25) is 9.59 Å². The Hall–Kier alpha value is -2.24. The van der Waals surface area contributed by atoms with E-state index < -0.39 is 11.4 Å². The maximum absolute atomic E-state index is 12.6. The van der Waals surface area contributed by atoms with Crippen LogP contribution in [-0.2, 0) is 15.0 Å². The Morgan fingerprint density at radius 2 is 1.83 bits per heavy atom. The summed E-state index contributed by atoms with van der Waals surface area (Å²) in [6.07, 6.45) is 0.997. The normalized spacial score (nSPS) is 22.9. The second kappa shape index (κ2) is 5.76. The summed E-state index contributed by atoms with van der Waals surface area (Å²) < 4.78 is 11.1. The minimum Gasteiger partial charge on any atom is -0.486 e. The number of fused-ring (bicyclic) bond motifs is 1. The molecule has 0 unspecified atom stereocenters. The van der Waals surface area contributed by atoms with Crippen LogP contribution in [0.4, 0.5) is 0 Å². The molecule has 0 radical (unpaired) electrons. The molecule has 1 fully saturated rings. The standard InChI is InChI=1S/C17H21NO5/c1-17(2,16(21)18-12-7-10(8-12)15(19)20)11-3-4-13-14(9-11)23-6-5-22-13/h3-4,9-10,12H,5-8H2,1-2H3,(H,18,21)(H,19,20). The lowest BCUT2D eigenvalue weighted by Crippen LogP contribution is -2.51. The molecule has 1 saturated carbocycles. The molecule has 1 aliphatic heterocycles. The largest absolute Gasteiger partial charge is 0.486 e. The molecule has 1 amide bonds. The molecule has 0 spiro atoms. The van der Waals surface area contributed by atoms with Crippen molar-refractivity contribution in [2.24, 2.45) is 5.92 Å². The Bertz CT molecular complexity index is 634. The summed E-state index contributed by atoms with van der Waals surface area (Å²) in [4.78, 5) is 23.4. The van der Waals surface area contributed by atoms with Crippen LogP contribution in [0.1, 0.15) is 32.3 Å². The number of amides is 1. The first-order chi connectivity index (χ1) is 10.9. The highest BCUT2D eigenvalue weighted by Crippen LogP contribution is 2.36. The molecule has 1 aromatic carbocycles. The Balaban J connectivity index is 1.68. The van der Waals surface area contributed by atoms with Crippen molar-refractivity contribution in [3.8, 4) is 11.5 Å². The number of hydrogen-bond donors (Lipinski definition) is 2. The summed E-state index contributed by atoms with van der Waals surface area (Å²) in [5.74, 6) is 0.117. The summed E-state index contributed by atoms with van der Waals surface area (Å²) in [7, 11) is 0. The average molecular weight is 319 g/mol. The number of ether oxygens (including phenoxy) is 2. The number of nitrogens with one attached hydrogen (secondary N) is 1. The molecule has 2 N–H and O–H groups in total. The molecule has 124 valence electrons. The summed E-state index contributed by atoms with van der Waals surface area (Å²) in [5.41, 5.74) is 0.109. The van der Waals surface area contributed by atoms with Crippen molar-refractivity contribution >= 4 is 11.9 Å². The lowest BCUT2D eigenvalue weighted by molar-refractivity contribution is -0.146. The number of hydrogen-bond acceptors (Lipinski definition) is 4. The molecule has 6 nitrogen and oxygen atoms in total. The summed E-state index contributed by atoms with van der Waals surface area (Å²) in [6.45, 7) is 4.73. The van der Waals surface area contributed by atoms with Gasteiger partial charge < -0.3 is 19.9 Å². The first-order valence-electron chi connectivity index (χ1n) is 7.82. The van der Waals surface area contributed by atoms with Gasteiger partial charge in [0.05, 0.1) is 11.3 Å². The van der Waals surface area contributed by atoms with Gasteiger partial charge in [-0.15, -0.1) is 0 Å². The van der Waals surface area contributed by atoms with E-state index in [4.69, 9.17) is 14.6 Å². The Morgan fingerprint density at radius 1 is 1.17 bits per heavy atom. The fraction of sp³-hybridized carbons (Fsp3) is 0.529. The van der Waals surface area contributed by atoms with Crippen LogP contribution in [0.2, 0.25) is 0 Å². The number of aliphatic carboxylic acids is 1. The highest BCUT2D eigenvalue weighted by molar-refractivity contribution is 5.88. The van der Waals surface area contributed by atoms with Crippen LogP contribution in [0.25, 0.3) is 0 Å². The van der Waals surface area contributed by atoms with Crippen molar-refractivity contribution in [2.45, 2.75) is 38.1 Å². The molecule has 1 aliphatic carbocycles. The van der Waals surface area contributed by atoms with Gasteiger partial charge in [-0.25, -0.2) is 0 Å². The van der Waals surface area contributed by atoms with Gasteiger partial charge in [0.1, 0.15) is 13.2 Å². The van der Waals surface area contributed by atoms with Crippen molar-refractivity contribution in [1.29, 1.82) is 0 Å². The van der Waals surface area contributed by atoms with Gasteiger partial charge in [0.15, 0.2) is 11.5 Å². The molecule has 0 saturated heterocycles. The zero-order chi connectivity index (χ0) is 16.6. The zero-order valence-electron chi connectivity index (χ0n) is 13.3. The fourth-order valence-corrected chi connectivity index (χ4v) is 2.87. The first kappa shape index (κ1) is 15.6. The maximum Gasteiger partial charge on any atom is 0.306 e. The second-order valence-electron chi connectivity index (χ2n) is 6.66. The van der Waals surface area contributed by atoms with Gasteiger partial charge in [0.25, 0.3) is 0 Å². The third-order valence-corrected chi connectivity index (χ3v) is 4.65. The minimum atomic E-state index is -0.790. The SMILES string of the molecule is CC(C)(C(=O)NC1CC(C(=O)O)C1)c1ccc2c(c1)OCCO2. The van der Waals surface area contributed by atoms with E-state index in [1.807, 2.05) is 32.0 Å². The quantitative estimate of drug-likeness (QED) is 0.882. The van der Waals surface area contributed by atoms with E-state index in [2.05, 4.69) is 5.32 Å². The van der Waals surface area contributed by atoms with E-state index in [0.717, 1.165) is 5.56 Å². The lowest BCUT2D eigenvalue weighted by atomic mass is 9.78. The van der Waals surface area contributed by atoms with E-state index >= 15 is 0 Å². The molecule has 0 atom stereocenters. The molecular formula is C17H21NO5. The maximum atomic E-state index is 12.6. The number of benzene rings is 1. The molecule has 23 heavy (non-hydrogen) atoms. The van der Waals surface area contributed by atoms with Gasteiger partial charge in [-0.2, -0.15) is 0 Å². The molecule has 6 heteroatoms. The molecule has 0 aromatic heterocycles. The highest BCUT2D eigenvalue weighted by Gasteiger charge is 2.39. The van der Waals surface area contributed by atoms with Crippen molar-refractivity contribution < 1.29 is 24.2 Å². The van der Waals surface area contributed by atoms with Crippen molar-refractivity contribution in [2.75, 3.05) is 13.2 Å². The van der Waals surface area contributed by atoms with Crippen LogP contribution in [0, 0.1) is 5.92 Å². The van der Waals surface area contributed by atoms with Gasteiger partial charge in [-0.1, -0.05) is 6.07 Å². The van der Waals surface area contributed by atoms with Crippen LogP contribution in [0.3, 0.4) is 0 Å². The van der Waals surface area contributed by atoms with E-state index in [1.54, 1.807) is 0 Å². The molecule has 2 aliphatic rings. The predicted molar refractivity (Wildman–Crippen MR) is 82.7 cm³/mol. The zero-order valence-corrected chi connectivity index (χ0v) is 13.3. The summed E-state index contributed by atoms with van der Waals surface area (Å²) >= 11 is 0. The number of carboxylic acids is 1. The molecular weight excluding hydrogens is 298 g/mol. The highest BCUT2D eigenvalue weighted by atomic mass is 16.6. The minimum absolute atomic E-state index is 0.0555. The lowest BCUT2D eigenvalue weighted by Gasteiger charge is -2.36. The predicted octanol–water partition coefficient (Wildman–Crippen LogP) is 1.71. The number of carbonyl (C=O) groups excluding carboxylic acids is 1. The van der Waals surface area contributed by atoms with Gasteiger partial charge in [0, 0.05) is 6.04 Å². The Morgan fingerprint density at radius 3 is 2.48 bits per heavy atom. The molecule has 1 aromatic rings. The van der Waals surface area contributed by atoms with Gasteiger partial charge >= 0.3 is 5.97 Å². The third-order valence-electron chi connectivity index (χ3n) is 4.65. The van der Waals surface area contributed by atoms with Gasteiger partial charge in [-0.05, 0) is 44.4 Å². The number of carboxylic acid groups (broad SMARTS) is 1. The van der Waals surface area contributed by atoms with Crippen LogP contribution in [0.5, 0.6) is 11.5 Å². The summed E-state index contributed by atoms with van der Waals surface area (Å²) in [6, 6.07) is 5.48. The van der Waals surface area contributed by atoms with Crippen molar-refractivity contribution in [1.82, 2.24) is 5.32 Å². The fourth-order valence-electron chi connectivity index (χ4n) is 2.87. The van der Waals surface area contributed by atoms with Crippen LogP contribution in [-0.4, -0.2) is 36.2 Å². The Labute approximate surface area is 134 Å².